The van der Waals surface area contributed by atoms with E-state index in [-0.39, 0.29) is 21.2 Å². The lowest BCUT2D eigenvalue weighted by Crippen LogP contribution is -1.91. The van der Waals surface area contributed by atoms with E-state index in [1.807, 2.05) is 6.07 Å². The second-order valence-corrected chi connectivity index (χ2v) is 5.13. The van der Waals surface area contributed by atoms with Crippen LogP contribution in [0.4, 0.5) is 10.1 Å². The number of hydrogen-bond acceptors (Lipinski definition) is 4. The molecule has 5 nitrogen and oxygen atoms in total. The third-order valence-corrected chi connectivity index (χ3v) is 3.46. The monoisotopic (exact) mass is 362 g/mol. The maximum absolute atomic E-state index is 13.7. The van der Waals surface area contributed by atoms with Crippen molar-refractivity contribution in [2.75, 3.05) is 0 Å². The third kappa shape index (κ3) is 3.13. The van der Waals surface area contributed by atoms with E-state index in [4.69, 9.17) is 0 Å². The number of rotatable bonds is 3. The summed E-state index contributed by atoms with van der Waals surface area (Å²) < 4.78 is 13.8. The second-order valence-electron chi connectivity index (χ2n) is 4.28. The van der Waals surface area contributed by atoms with Gasteiger partial charge in [-0.3, -0.25) is 10.1 Å². The number of nitro groups is 1. The first-order chi connectivity index (χ1) is 10.4. The van der Waals surface area contributed by atoms with E-state index < -0.39 is 22.2 Å². The maximum Gasteiger partial charge on any atom is 0.312 e. The zero-order valence-electron chi connectivity index (χ0n) is 11.0. The molecule has 2 aromatic carbocycles. The fraction of sp³-hybridized carbons (Fsp3) is 0. The van der Waals surface area contributed by atoms with Crippen molar-refractivity contribution < 1.29 is 14.4 Å². The zero-order chi connectivity index (χ0) is 16.3. The van der Waals surface area contributed by atoms with Crippen molar-refractivity contribution >= 4 is 33.3 Å². The van der Waals surface area contributed by atoms with Gasteiger partial charge >= 0.3 is 5.69 Å². The molecule has 22 heavy (non-hydrogen) atoms. The number of benzene rings is 2. The predicted molar refractivity (Wildman–Crippen MR) is 82.3 cm³/mol. The zero-order valence-corrected chi connectivity index (χ0v) is 12.5. The van der Waals surface area contributed by atoms with Crippen molar-refractivity contribution in [1.29, 1.82) is 5.26 Å². The molecule has 2 aromatic rings. The van der Waals surface area contributed by atoms with Gasteiger partial charge in [-0.15, -0.1) is 0 Å². The van der Waals surface area contributed by atoms with Crippen LogP contribution in [-0.2, 0) is 0 Å². The van der Waals surface area contributed by atoms with Gasteiger partial charge in [-0.05, 0) is 39.7 Å². The normalized spacial score (nSPS) is 11.0. The molecule has 2 rings (SSSR count). The Hall–Kier alpha value is -2.72. The van der Waals surface area contributed by atoms with Crippen LogP contribution >= 0.6 is 15.9 Å². The minimum absolute atomic E-state index is 0.0185. The van der Waals surface area contributed by atoms with E-state index in [0.29, 0.717) is 0 Å². The van der Waals surface area contributed by atoms with Gasteiger partial charge in [0.15, 0.2) is 0 Å². The minimum Gasteiger partial charge on any atom is -0.501 e. The molecule has 0 spiro atoms. The molecule has 0 saturated carbocycles. The van der Waals surface area contributed by atoms with Crippen molar-refractivity contribution in [3.63, 3.8) is 0 Å². The second kappa shape index (κ2) is 6.37. The van der Waals surface area contributed by atoms with Crippen LogP contribution in [0, 0.1) is 27.3 Å². The highest BCUT2D eigenvalue weighted by Crippen LogP contribution is 2.36. The van der Waals surface area contributed by atoms with Gasteiger partial charge in [0.1, 0.15) is 5.82 Å². The number of phenols is 1. The van der Waals surface area contributed by atoms with Crippen molar-refractivity contribution in [2.45, 2.75) is 0 Å². The van der Waals surface area contributed by atoms with Crippen molar-refractivity contribution in [1.82, 2.24) is 0 Å². The number of allylic oxidation sites excluding steroid dienone is 1. The largest absolute Gasteiger partial charge is 0.501 e. The van der Waals surface area contributed by atoms with E-state index in [1.165, 1.54) is 30.3 Å². The molecular weight excluding hydrogens is 355 g/mol. The summed E-state index contributed by atoms with van der Waals surface area (Å²) >= 11 is 3.01. The molecule has 7 heteroatoms. The van der Waals surface area contributed by atoms with Crippen molar-refractivity contribution in [3.05, 3.63) is 67.9 Å². The molecule has 1 N–H and O–H groups in total. The molecule has 0 aromatic heterocycles. The highest BCUT2D eigenvalue weighted by atomic mass is 79.9. The summed E-state index contributed by atoms with van der Waals surface area (Å²) in [6.45, 7) is 0. The molecule has 0 fully saturated rings. The lowest BCUT2D eigenvalue weighted by molar-refractivity contribution is -0.386. The number of nitro benzene ring substituents is 1. The van der Waals surface area contributed by atoms with Gasteiger partial charge in [-0.2, -0.15) is 5.26 Å². The summed E-state index contributed by atoms with van der Waals surface area (Å²) in [4.78, 5) is 10.1. The van der Waals surface area contributed by atoms with Crippen LogP contribution in [0.5, 0.6) is 5.75 Å². The summed E-state index contributed by atoms with van der Waals surface area (Å²) in [7, 11) is 0. The molecule has 0 bridgehead atoms. The van der Waals surface area contributed by atoms with Gasteiger partial charge in [0, 0.05) is 11.6 Å². The highest BCUT2D eigenvalue weighted by Gasteiger charge is 2.18. The number of phenolic OH excluding ortho intramolecular Hbond substituents is 1. The van der Waals surface area contributed by atoms with Gasteiger partial charge in [-0.1, -0.05) is 18.2 Å². The summed E-state index contributed by atoms with van der Waals surface area (Å²) in [6.07, 6.45) is 1.32. The number of nitrogens with zero attached hydrogens (tertiary/aromatic N) is 2. The van der Waals surface area contributed by atoms with Gasteiger partial charge in [0.2, 0.25) is 5.75 Å². The quantitative estimate of drug-likeness (QED) is 0.382. The summed E-state index contributed by atoms with van der Waals surface area (Å²) in [5.74, 6) is -1.07. The number of nitriles is 1. The molecule has 0 saturated heterocycles. The first-order valence-electron chi connectivity index (χ1n) is 5.97. The Morgan fingerprint density at radius 3 is 2.68 bits per heavy atom. The van der Waals surface area contributed by atoms with Gasteiger partial charge < -0.3 is 5.11 Å². The molecule has 0 radical (unpaired) electrons. The third-order valence-electron chi connectivity index (χ3n) is 2.86. The van der Waals surface area contributed by atoms with E-state index >= 15 is 0 Å². The Labute approximate surface area is 133 Å². The Kier molecular flexibility index (Phi) is 4.53. The Bertz CT molecular complexity index is 828. The molecular formula is C15H8BrFN2O3. The van der Waals surface area contributed by atoms with E-state index in [2.05, 4.69) is 15.9 Å². The Morgan fingerprint density at radius 2 is 2.09 bits per heavy atom. The molecule has 0 unspecified atom stereocenters. The first-order valence-corrected chi connectivity index (χ1v) is 6.77. The molecule has 110 valence electrons. The van der Waals surface area contributed by atoms with Crippen LogP contribution < -0.4 is 0 Å². The van der Waals surface area contributed by atoms with Crippen molar-refractivity contribution in [2.24, 2.45) is 0 Å². The number of hydrogen-bond donors (Lipinski definition) is 1. The SMILES string of the molecule is N#CC(=Cc1cc(Br)c(O)c([N+](=O)[O-])c1)c1ccccc1F. The summed E-state index contributed by atoms with van der Waals surface area (Å²) in [6, 6.07) is 10.1. The van der Waals surface area contributed by atoms with Crippen LogP contribution in [0.1, 0.15) is 11.1 Å². The molecule has 0 aliphatic rings. The summed E-state index contributed by atoms with van der Waals surface area (Å²) in [5, 5.41) is 29.7. The van der Waals surface area contributed by atoms with Crippen molar-refractivity contribution in [3.8, 4) is 11.8 Å². The van der Waals surface area contributed by atoms with Crippen LogP contribution in [0.2, 0.25) is 0 Å². The molecule has 0 amide bonds. The molecule has 0 aliphatic heterocycles. The fourth-order valence-electron chi connectivity index (χ4n) is 1.84. The van der Waals surface area contributed by atoms with E-state index in [0.717, 1.165) is 6.07 Å². The molecule has 0 heterocycles. The van der Waals surface area contributed by atoms with E-state index in [9.17, 15) is 24.9 Å². The molecule has 0 aliphatic carbocycles. The first kappa shape index (κ1) is 15.7. The van der Waals surface area contributed by atoms with Crippen LogP contribution in [-0.4, -0.2) is 10.0 Å². The Balaban J connectivity index is 2.59. The van der Waals surface area contributed by atoms with Crippen LogP contribution in [0.15, 0.2) is 40.9 Å². The Morgan fingerprint density at radius 1 is 1.41 bits per heavy atom. The minimum atomic E-state index is -0.743. The van der Waals surface area contributed by atoms with Gasteiger partial charge in [-0.25, -0.2) is 4.39 Å². The molecule has 0 atom stereocenters. The fourth-order valence-corrected chi connectivity index (χ4v) is 2.31. The average Bonchev–Trinajstić information content (AvgIpc) is 2.48. The lowest BCUT2D eigenvalue weighted by Gasteiger charge is -2.04. The smallest absolute Gasteiger partial charge is 0.312 e. The number of aromatic hydroxyl groups is 1. The van der Waals surface area contributed by atoms with Gasteiger partial charge in [0.05, 0.1) is 21.0 Å². The van der Waals surface area contributed by atoms with Crippen LogP contribution in [0.25, 0.3) is 11.6 Å². The topological polar surface area (TPSA) is 87.2 Å². The van der Waals surface area contributed by atoms with E-state index in [1.54, 1.807) is 6.07 Å². The van der Waals surface area contributed by atoms with Crippen LogP contribution in [0.3, 0.4) is 0 Å². The predicted octanol–water partition coefficient (Wildman–Crippen LogP) is 4.27. The maximum atomic E-state index is 13.7. The summed E-state index contributed by atoms with van der Waals surface area (Å²) in [5.41, 5.74) is -0.107. The highest BCUT2D eigenvalue weighted by molar-refractivity contribution is 9.10. The average molecular weight is 363 g/mol. The number of halogens is 2. The lowest BCUT2D eigenvalue weighted by atomic mass is 10.0. The van der Waals surface area contributed by atoms with Gasteiger partial charge in [0.25, 0.3) is 0 Å². The standard InChI is InChI=1S/C15H8BrFN2O3/c16-12-6-9(7-14(15(12)20)19(21)22)5-10(8-18)11-3-1-2-4-13(11)17/h1-7,20H.